The van der Waals surface area contributed by atoms with Gasteiger partial charge in [0.2, 0.25) is 5.78 Å². The summed E-state index contributed by atoms with van der Waals surface area (Å²) in [5.41, 5.74) is 0.712. The Morgan fingerprint density at radius 1 is 1.22 bits per heavy atom. The number of rotatable bonds is 4. The molecule has 0 atom stereocenters. The summed E-state index contributed by atoms with van der Waals surface area (Å²) < 4.78 is 5.41. The Morgan fingerprint density at radius 2 is 2.00 bits per heavy atom. The fourth-order valence-electron chi connectivity index (χ4n) is 1.66. The maximum Gasteiger partial charge on any atom is 0.202 e. The number of aryl methyl sites for hydroxylation is 1. The average Bonchev–Trinajstić information content (AvgIpc) is 2.82. The van der Waals surface area contributed by atoms with Crippen molar-refractivity contribution in [1.82, 2.24) is 0 Å². The Bertz CT molecular complexity index is 573. The normalized spacial score (nSPS) is 10.6. The third-order valence-electron chi connectivity index (χ3n) is 2.64. The zero-order valence-corrected chi connectivity index (χ0v) is 11.4. The predicted octanol–water partition coefficient (Wildman–Crippen LogP) is 4.57. The molecule has 18 heavy (non-hydrogen) atoms. The molecule has 0 fully saturated rings. The quantitative estimate of drug-likeness (QED) is 0.769. The molecule has 2 rings (SSSR count). The first-order valence-electron chi connectivity index (χ1n) is 5.66. The van der Waals surface area contributed by atoms with Crippen LogP contribution in [0.4, 0.5) is 0 Å². The molecule has 0 bridgehead atoms. The fourth-order valence-corrected chi connectivity index (χ4v) is 2.04. The van der Waals surface area contributed by atoms with Crippen molar-refractivity contribution in [2.45, 2.75) is 19.8 Å². The molecule has 4 heteroatoms. The molecule has 94 valence electrons. The van der Waals surface area contributed by atoms with Crippen molar-refractivity contribution < 1.29 is 9.21 Å². The lowest BCUT2D eigenvalue weighted by atomic mass is 10.1. The number of furan rings is 1. The molecule has 0 amide bonds. The molecule has 0 N–H and O–H groups in total. The van der Waals surface area contributed by atoms with E-state index in [1.165, 1.54) is 0 Å². The Morgan fingerprint density at radius 3 is 2.67 bits per heavy atom. The Labute approximate surface area is 116 Å². The molecular weight excluding hydrogens is 271 g/mol. The molecule has 0 radical (unpaired) electrons. The zero-order valence-electron chi connectivity index (χ0n) is 9.87. The van der Waals surface area contributed by atoms with E-state index >= 15 is 0 Å². The monoisotopic (exact) mass is 282 g/mol. The van der Waals surface area contributed by atoms with Crippen molar-refractivity contribution in [3.8, 4) is 0 Å². The molecule has 0 unspecified atom stereocenters. The van der Waals surface area contributed by atoms with Crippen molar-refractivity contribution >= 4 is 29.0 Å². The average molecular weight is 283 g/mol. The van der Waals surface area contributed by atoms with Crippen LogP contribution in [0.15, 0.2) is 34.7 Å². The first-order valence-corrected chi connectivity index (χ1v) is 6.41. The van der Waals surface area contributed by atoms with Gasteiger partial charge < -0.3 is 4.42 Å². The molecule has 1 aromatic carbocycles. The van der Waals surface area contributed by atoms with Crippen molar-refractivity contribution in [2.75, 3.05) is 0 Å². The van der Waals surface area contributed by atoms with Crippen LogP contribution in [0.25, 0.3) is 0 Å². The van der Waals surface area contributed by atoms with Crippen molar-refractivity contribution in [2.24, 2.45) is 0 Å². The summed E-state index contributed by atoms with van der Waals surface area (Å²) in [7, 11) is 0. The summed E-state index contributed by atoms with van der Waals surface area (Å²) in [5, 5.41) is 1.10. The lowest BCUT2D eigenvalue weighted by Gasteiger charge is -2.03. The molecule has 0 saturated carbocycles. The Balaban J connectivity index is 2.18. The molecule has 0 aliphatic heterocycles. The molecule has 0 spiro atoms. The van der Waals surface area contributed by atoms with E-state index in [2.05, 4.69) is 0 Å². The van der Waals surface area contributed by atoms with E-state index in [0.29, 0.717) is 21.4 Å². The molecule has 2 aromatic rings. The zero-order chi connectivity index (χ0) is 13.1. The summed E-state index contributed by atoms with van der Waals surface area (Å²) in [6.07, 6.45) is 0.960. The molecule has 0 saturated heterocycles. The Hall–Kier alpha value is -1.25. The molecular formula is C14H12Cl2O2. The second kappa shape index (κ2) is 5.59. The highest BCUT2D eigenvalue weighted by atomic mass is 35.5. The third-order valence-corrected chi connectivity index (χ3v) is 3.25. The number of carbonyl (C=O) groups is 1. The van der Waals surface area contributed by atoms with Crippen LogP contribution in [0.2, 0.25) is 10.0 Å². The maximum atomic E-state index is 12.0. The van der Waals surface area contributed by atoms with Gasteiger partial charge in [-0.15, -0.1) is 0 Å². The van der Waals surface area contributed by atoms with Gasteiger partial charge in [-0.05, 0) is 35.9 Å². The second-order valence-corrected chi connectivity index (χ2v) is 4.80. The molecule has 1 aromatic heterocycles. The summed E-state index contributed by atoms with van der Waals surface area (Å²) in [5.74, 6) is 1.07. The third kappa shape index (κ3) is 2.95. The van der Waals surface area contributed by atoms with Gasteiger partial charge in [-0.1, -0.05) is 30.1 Å². The van der Waals surface area contributed by atoms with Crippen LogP contribution in [-0.2, 0) is 12.8 Å². The van der Waals surface area contributed by atoms with Gasteiger partial charge in [-0.2, -0.15) is 0 Å². The van der Waals surface area contributed by atoms with Crippen LogP contribution >= 0.6 is 23.2 Å². The standard InChI is InChI=1S/C14H12Cl2O2/c1-2-11-4-6-14(18-11)13(17)8-9-7-10(15)3-5-12(9)16/h3-7H,2,8H2,1H3. The van der Waals surface area contributed by atoms with Crippen LogP contribution < -0.4 is 0 Å². The van der Waals surface area contributed by atoms with Gasteiger partial charge in [-0.3, -0.25) is 4.79 Å². The first-order chi connectivity index (χ1) is 8.60. The highest BCUT2D eigenvalue weighted by Crippen LogP contribution is 2.22. The predicted molar refractivity (Wildman–Crippen MR) is 72.6 cm³/mol. The van der Waals surface area contributed by atoms with E-state index < -0.39 is 0 Å². The molecule has 0 aliphatic rings. The second-order valence-electron chi connectivity index (χ2n) is 3.96. The fraction of sp³-hybridized carbons (Fsp3) is 0.214. The van der Waals surface area contributed by atoms with E-state index in [4.69, 9.17) is 27.6 Å². The number of ketones is 1. The van der Waals surface area contributed by atoms with Crippen LogP contribution in [-0.4, -0.2) is 5.78 Å². The number of hydrogen-bond acceptors (Lipinski definition) is 2. The van der Waals surface area contributed by atoms with Gasteiger partial charge in [0.05, 0.1) is 0 Å². The van der Waals surface area contributed by atoms with E-state index in [0.717, 1.165) is 12.2 Å². The van der Waals surface area contributed by atoms with Crippen molar-refractivity contribution in [1.29, 1.82) is 0 Å². The lowest BCUT2D eigenvalue weighted by Crippen LogP contribution is -2.02. The number of hydrogen-bond donors (Lipinski definition) is 0. The summed E-state index contributed by atoms with van der Waals surface area (Å²) in [6.45, 7) is 1.97. The smallest absolute Gasteiger partial charge is 0.202 e. The number of carbonyl (C=O) groups excluding carboxylic acids is 1. The van der Waals surface area contributed by atoms with Gasteiger partial charge in [0.25, 0.3) is 0 Å². The van der Waals surface area contributed by atoms with E-state index in [-0.39, 0.29) is 12.2 Å². The largest absolute Gasteiger partial charge is 0.458 e. The van der Waals surface area contributed by atoms with Crippen molar-refractivity contribution in [3.05, 3.63) is 57.5 Å². The van der Waals surface area contributed by atoms with Gasteiger partial charge in [0.15, 0.2) is 5.76 Å². The Kier molecular flexibility index (Phi) is 4.10. The number of Topliss-reactive ketones (excluding diaryl/α,β-unsaturated/α-hetero) is 1. The summed E-state index contributed by atoms with van der Waals surface area (Å²) in [4.78, 5) is 12.0. The van der Waals surface area contributed by atoms with Gasteiger partial charge in [0.1, 0.15) is 5.76 Å². The maximum absolute atomic E-state index is 12.0. The van der Waals surface area contributed by atoms with E-state index in [1.807, 2.05) is 13.0 Å². The lowest BCUT2D eigenvalue weighted by molar-refractivity contribution is 0.0965. The van der Waals surface area contributed by atoms with Gasteiger partial charge >= 0.3 is 0 Å². The first kappa shape index (κ1) is 13.2. The molecule has 0 aliphatic carbocycles. The minimum atomic E-state index is -0.0983. The molecule has 2 nitrogen and oxygen atoms in total. The minimum Gasteiger partial charge on any atom is -0.458 e. The SMILES string of the molecule is CCc1ccc(C(=O)Cc2cc(Cl)ccc2Cl)o1. The van der Waals surface area contributed by atoms with E-state index in [9.17, 15) is 4.79 Å². The van der Waals surface area contributed by atoms with Crippen LogP contribution in [0.1, 0.15) is 28.8 Å². The van der Waals surface area contributed by atoms with Gasteiger partial charge in [-0.25, -0.2) is 0 Å². The highest BCUT2D eigenvalue weighted by molar-refractivity contribution is 6.33. The number of benzene rings is 1. The van der Waals surface area contributed by atoms with Crippen molar-refractivity contribution in [3.63, 3.8) is 0 Å². The van der Waals surface area contributed by atoms with Crippen LogP contribution in [0.5, 0.6) is 0 Å². The van der Waals surface area contributed by atoms with Crippen LogP contribution in [0, 0.1) is 0 Å². The topological polar surface area (TPSA) is 30.2 Å². The number of halogens is 2. The van der Waals surface area contributed by atoms with Gasteiger partial charge in [0, 0.05) is 22.9 Å². The molecule has 1 heterocycles. The van der Waals surface area contributed by atoms with E-state index in [1.54, 1.807) is 24.3 Å². The van der Waals surface area contributed by atoms with Crippen LogP contribution in [0.3, 0.4) is 0 Å². The summed E-state index contributed by atoms with van der Waals surface area (Å²) in [6, 6.07) is 8.59. The highest BCUT2D eigenvalue weighted by Gasteiger charge is 2.13. The minimum absolute atomic E-state index is 0.0983. The summed E-state index contributed by atoms with van der Waals surface area (Å²) >= 11 is 11.9.